The lowest BCUT2D eigenvalue weighted by atomic mass is 9.95. The van der Waals surface area contributed by atoms with Crippen LogP contribution >= 0.6 is 34.8 Å². The molecule has 1 atom stereocenters. The van der Waals surface area contributed by atoms with E-state index in [1.165, 1.54) is 10.6 Å². The van der Waals surface area contributed by atoms with Gasteiger partial charge in [-0.15, -0.1) is 0 Å². The van der Waals surface area contributed by atoms with Crippen molar-refractivity contribution >= 4 is 34.8 Å². The monoisotopic (exact) mass is 613 g/mol. The summed E-state index contributed by atoms with van der Waals surface area (Å²) in [4.78, 5) is 17.3. The van der Waals surface area contributed by atoms with Gasteiger partial charge in [-0.25, -0.2) is 4.98 Å². The Kier molecular flexibility index (Phi) is 8.49. The molecule has 0 amide bonds. The van der Waals surface area contributed by atoms with Gasteiger partial charge in [0.2, 0.25) is 0 Å². The summed E-state index contributed by atoms with van der Waals surface area (Å²) >= 11 is 18.9. The molecule has 0 saturated carbocycles. The number of halogens is 3. The van der Waals surface area contributed by atoms with Crippen LogP contribution in [0, 0.1) is 22.7 Å². The molecule has 3 aromatic carbocycles. The van der Waals surface area contributed by atoms with Gasteiger partial charge in [-0.3, -0.25) is 4.79 Å². The molecule has 0 radical (unpaired) electrons. The predicted molar refractivity (Wildman–Crippen MR) is 163 cm³/mol. The highest BCUT2D eigenvalue weighted by molar-refractivity contribution is 6.35. The first-order valence-corrected chi connectivity index (χ1v) is 13.8. The number of benzene rings is 3. The second-order valence-corrected chi connectivity index (χ2v) is 10.9. The standard InChI is InChI=1S/C32H22Cl3N5O2/c1-39-18-38-16-29(39)31(20-6-7-21(14-36)27(11-20)19-4-3-5-24(33)8-19)42-17-30-28(12-23(15-37)32(41)40(30)2)22-9-25(34)13-26(35)10-22/h3-13,16,18,31H,17H2,1-2H3. The zero-order chi connectivity index (χ0) is 30.0. The lowest BCUT2D eigenvalue weighted by Crippen LogP contribution is -2.25. The van der Waals surface area contributed by atoms with Gasteiger partial charge >= 0.3 is 0 Å². The summed E-state index contributed by atoms with van der Waals surface area (Å²) < 4.78 is 9.83. The minimum Gasteiger partial charge on any atom is -0.361 e. The SMILES string of the molecule is Cn1cncc1C(OCc1c(-c2cc(Cl)cc(Cl)c2)cc(C#N)c(=O)n1C)c1ccc(C#N)c(-c2cccc(Cl)c2)c1. The maximum absolute atomic E-state index is 13.0. The summed E-state index contributed by atoms with van der Waals surface area (Å²) in [6.07, 6.45) is 2.74. The number of pyridine rings is 1. The van der Waals surface area contributed by atoms with Gasteiger partial charge in [0.15, 0.2) is 0 Å². The largest absolute Gasteiger partial charge is 0.361 e. The molecule has 0 N–H and O–H groups in total. The second-order valence-electron chi connectivity index (χ2n) is 9.60. The smallest absolute Gasteiger partial charge is 0.268 e. The number of nitrogens with zero attached hydrogens (tertiary/aromatic N) is 5. The zero-order valence-electron chi connectivity index (χ0n) is 22.5. The molecule has 208 valence electrons. The minimum atomic E-state index is -0.635. The number of aryl methyl sites for hydroxylation is 1. The molecule has 1 unspecified atom stereocenters. The van der Waals surface area contributed by atoms with Gasteiger partial charge in [-0.2, -0.15) is 10.5 Å². The third-order valence-electron chi connectivity index (χ3n) is 6.95. The molecule has 0 bridgehead atoms. The molecule has 2 aromatic heterocycles. The van der Waals surface area contributed by atoms with E-state index in [1.54, 1.807) is 56.0 Å². The lowest BCUT2D eigenvalue weighted by Gasteiger charge is -2.22. The van der Waals surface area contributed by atoms with Crippen LogP contribution in [0.3, 0.4) is 0 Å². The molecule has 0 saturated heterocycles. The van der Waals surface area contributed by atoms with Crippen molar-refractivity contribution in [1.82, 2.24) is 14.1 Å². The molecule has 42 heavy (non-hydrogen) atoms. The molecule has 0 aliphatic rings. The number of ether oxygens (including phenoxy) is 1. The summed E-state index contributed by atoms with van der Waals surface area (Å²) in [5.74, 6) is 0. The van der Waals surface area contributed by atoms with Crippen LogP contribution in [0.25, 0.3) is 22.3 Å². The van der Waals surface area contributed by atoms with Gasteiger partial charge in [0.1, 0.15) is 17.7 Å². The number of hydrogen-bond acceptors (Lipinski definition) is 5. The number of aromatic nitrogens is 3. The fraction of sp³-hybridized carbons (Fsp3) is 0.125. The van der Waals surface area contributed by atoms with Crippen molar-refractivity contribution in [1.29, 1.82) is 10.5 Å². The number of nitriles is 2. The molecule has 0 fully saturated rings. The topological polar surface area (TPSA) is 96.6 Å². The summed E-state index contributed by atoms with van der Waals surface area (Å²) in [7, 11) is 3.45. The molecular formula is C32H22Cl3N5O2. The van der Waals surface area contributed by atoms with E-state index in [-0.39, 0.29) is 12.2 Å². The van der Waals surface area contributed by atoms with Crippen LogP contribution in [-0.4, -0.2) is 14.1 Å². The quantitative estimate of drug-likeness (QED) is 0.190. The highest BCUT2D eigenvalue weighted by Crippen LogP contribution is 2.35. The number of imidazole rings is 1. The van der Waals surface area contributed by atoms with Crippen LogP contribution in [-0.2, 0) is 25.4 Å². The van der Waals surface area contributed by atoms with Crippen molar-refractivity contribution in [3.05, 3.63) is 133 Å². The van der Waals surface area contributed by atoms with E-state index < -0.39 is 11.7 Å². The molecule has 0 spiro atoms. The normalized spacial score (nSPS) is 11.6. The average molecular weight is 615 g/mol. The summed E-state index contributed by atoms with van der Waals surface area (Å²) in [5, 5.41) is 20.8. The Morgan fingerprint density at radius 3 is 2.21 bits per heavy atom. The van der Waals surface area contributed by atoms with Crippen LogP contribution in [0.1, 0.15) is 34.2 Å². The third-order valence-corrected chi connectivity index (χ3v) is 7.62. The van der Waals surface area contributed by atoms with Crippen LogP contribution in [0.5, 0.6) is 0 Å². The maximum Gasteiger partial charge on any atom is 0.268 e. The zero-order valence-corrected chi connectivity index (χ0v) is 24.7. The van der Waals surface area contributed by atoms with E-state index in [0.29, 0.717) is 43.0 Å². The number of rotatable bonds is 7. The van der Waals surface area contributed by atoms with E-state index in [2.05, 4.69) is 11.1 Å². The molecule has 10 heteroatoms. The highest BCUT2D eigenvalue weighted by atomic mass is 35.5. The highest BCUT2D eigenvalue weighted by Gasteiger charge is 2.23. The van der Waals surface area contributed by atoms with Gasteiger partial charge in [-0.05, 0) is 70.8 Å². The van der Waals surface area contributed by atoms with Gasteiger partial charge in [0.25, 0.3) is 5.56 Å². The Hall–Kier alpha value is -4.37. The van der Waals surface area contributed by atoms with Gasteiger partial charge in [0, 0.05) is 34.7 Å². The van der Waals surface area contributed by atoms with Crippen molar-refractivity contribution in [2.24, 2.45) is 14.1 Å². The Bertz CT molecular complexity index is 1950. The number of hydrogen-bond donors (Lipinski definition) is 0. The van der Waals surface area contributed by atoms with Crippen LogP contribution in [0.15, 0.2) is 84.0 Å². The van der Waals surface area contributed by atoms with Gasteiger partial charge < -0.3 is 13.9 Å². The second kappa shape index (κ2) is 12.2. The van der Waals surface area contributed by atoms with E-state index in [9.17, 15) is 15.3 Å². The van der Waals surface area contributed by atoms with Crippen molar-refractivity contribution in [3.63, 3.8) is 0 Å². The fourth-order valence-electron chi connectivity index (χ4n) is 4.84. The molecular weight excluding hydrogens is 593 g/mol. The fourth-order valence-corrected chi connectivity index (χ4v) is 5.56. The molecule has 7 nitrogen and oxygen atoms in total. The third kappa shape index (κ3) is 5.83. The van der Waals surface area contributed by atoms with Crippen molar-refractivity contribution in [2.75, 3.05) is 0 Å². The Labute approximate surface area is 257 Å². The maximum atomic E-state index is 13.0. The van der Waals surface area contributed by atoms with Crippen LogP contribution in [0.2, 0.25) is 15.1 Å². The molecule has 0 aliphatic heterocycles. The molecule has 2 heterocycles. The molecule has 5 aromatic rings. The lowest BCUT2D eigenvalue weighted by molar-refractivity contribution is 0.0585. The summed E-state index contributed by atoms with van der Waals surface area (Å²) in [5.41, 5.74) is 4.76. The van der Waals surface area contributed by atoms with Crippen molar-refractivity contribution in [2.45, 2.75) is 12.7 Å². The van der Waals surface area contributed by atoms with Gasteiger partial charge in [0.05, 0.1) is 42.2 Å². The summed E-state index contributed by atoms with van der Waals surface area (Å²) in [6, 6.07) is 23.6. The molecule has 0 aliphatic carbocycles. The van der Waals surface area contributed by atoms with E-state index in [4.69, 9.17) is 39.5 Å². The van der Waals surface area contributed by atoms with Crippen LogP contribution < -0.4 is 5.56 Å². The Morgan fingerprint density at radius 2 is 1.57 bits per heavy atom. The van der Waals surface area contributed by atoms with Crippen LogP contribution in [0.4, 0.5) is 0 Å². The minimum absolute atomic E-state index is 0.0146. The van der Waals surface area contributed by atoms with Gasteiger partial charge in [-0.1, -0.05) is 53.0 Å². The first kappa shape index (κ1) is 29.1. The van der Waals surface area contributed by atoms with Crippen molar-refractivity contribution in [3.8, 4) is 34.4 Å². The van der Waals surface area contributed by atoms with E-state index >= 15 is 0 Å². The van der Waals surface area contributed by atoms with E-state index in [1.807, 2.05) is 41.9 Å². The first-order chi connectivity index (χ1) is 20.2. The van der Waals surface area contributed by atoms with Crippen molar-refractivity contribution < 1.29 is 4.74 Å². The van der Waals surface area contributed by atoms with E-state index in [0.717, 1.165) is 16.8 Å². The average Bonchev–Trinajstić information content (AvgIpc) is 3.40. The Balaban J connectivity index is 1.63. The summed E-state index contributed by atoms with van der Waals surface area (Å²) in [6.45, 7) is -0.0146. The molecule has 5 rings (SSSR count). The Morgan fingerprint density at radius 1 is 0.857 bits per heavy atom. The first-order valence-electron chi connectivity index (χ1n) is 12.7. The predicted octanol–water partition coefficient (Wildman–Crippen LogP) is 7.46.